The molecule has 0 fully saturated rings. The summed E-state index contributed by atoms with van der Waals surface area (Å²) in [4.78, 5) is 11.4. The van der Waals surface area contributed by atoms with Gasteiger partial charge in [0.15, 0.2) is 0 Å². The van der Waals surface area contributed by atoms with Crippen LogP contribution in [0.5, 0.6) is 0 Å². The minimum absolute atomic E-state index is 0.384. The summed E-state index contributed by atoms with van der Waals surface area (Å²) < 4.78 is 5.15. The molecule has 0 saturated carbocycles. The number of halogens is 1. The maximum absolute atomic E-state index is 11.4. The quantitative estimate of drug-likeness (QED) is 0.826. The summed E-state index contributed by atoms with van der Waals surface area (Å²) in [7, 11) is 0. The highest BCUT2D eigenvalue weighted by Gasteiger charge is 2.15. The third-order valence-electron chi connectivity index (χ3n) is 2.52. The largest absolute Gasteiger partial charge is 0.444 e. The molecular weight excluding hydrogens is 274 g/mol. The van der Waals surface area contributed by atoms with Crippen molar-refractivity contribution in [1.29, 1.82) is 0 Å². The van der Waals surface area contributed by atoms with Crippen LogP contribution >= 0.6 is 11.6 Å². The second-order valence-electron chi connectivity index (χ2n) is 5.62. The molecule has 0 aliphatic heterocycles. The second kappa shape index (κ2) is 7.34. The third-order valence-corrected chi connectivity index (χ3v) is 2.75. The fraction of sp³-hybridized carbons (Fsp3) is 0.438. The van der Waals surface area contributed by atoms with Crippen molar-refractivity contribution >= 4 is 23.8 Å². The summed E-state index contributed by atoms with van der Waals surface area (Å²) in [6, 6.07) is 5.79. The van der Waals surface area contributed by atoms with E-state index in [0.29, 0.717) is 6.54 Å². The molecule has 0 saturated heterocycles. The van der Waals surface area contributed by atoms with Crippen LogP contribution < -0.4 is 5.32 Å². The molecule has 20 heavy (non-hydrogen) atoms. The maximum Gasteiger partial charge on any atom is 0.407 e. The van der Waals surface area contributed by atoms with Crippen LogP contribution in [0, 0.1) is 6.92 Å². The molecular formula is C16H22ClNO2. The van der Waals surface area contributed by atoms with Gasteiger partial charge in [-0.25, -0.2) is 4.79 Å². The van der Waals surface area contributed by atoms with Crippen molar-refractivity contribution in [3.05, 3.63) is 40.4 Å². The van der Waals surface area contributed by atoms with Crippen molar-refractivity contribution in [3.8, 4) is 0 Å². The van der Waals surface area contributed by atoms with Crippen LogP contribution in [0.2, 0.25) is 5.02 Å². The number of carbonyl (C=O) groups excluding carboxylic acids is 1. The molecule has 0 spiro atoms. The van der Waals surface area contributed by atoms with E-state index >= 15 is 0 Å². The van der Waals surface area contributed by atoms with Crippen LogP contribution in [-0.2, 0) is 4.74 Å². The van der Waals surface area contributed by atoms with E-state index in [1.54, 1.807) is 0 Å². The molecule has 0 aromatic heterocycles. The summed E-state index contributed by atoms with van der Waals surface area (Å²) in [6.07, 6.45) is 4.38. The Morgan fingerprint density at radius 3 is 2.75 bits per heavy atom. The summed E-state index contributed by atoms with van der Waals surface area (Å²) >= 11 is 5.95. The van der Waals surface area contributed by atoms with E-state index in [1.807, 2.05) is 58.0 Å². The molecule has 0 heterocycles. The number of amides is 1. The zero-order chi connectivity index (χ0) is 15.2. The number of rotatable bonds is 4. The fourth-order valence-corrected chi connectivity index (χ4v) is 1.75. The Balaban J connectivity index is 2.36. The van der Waals surface area contributed by atoms with Gasteiger partial charge < -0.3 is 10.1 Å². The van der Waals surface area contributed by atoms with Gasteiger partial charge in [0, 0.05) is 11.6 Å². The van der Waals surface area contributed by atoms with Crippen LogP contribution in [0.25, 0.3) is 6.08 Å². The van der Waals surface area contributed by atoms with Crippen molar-refractivity contribution in [1.82, 2.24) is 5.32 Å². The molecule has 0 radical (unpaired) electrons. The predicted molar refractivity (Wildman–Crippen MR) is 84.1 cm³/mol. The minimum atomic E-state index is -0.460. The molecule has 0 aliphatic rings. The van der Waals surface area contributed by atoms with E-state index in [4.69, 9.17) is 16.3 Å². The SMILES string of the molecule is Cc1ccc(Cl)cc1C=CCCNC(=O)OC(C)(C)C. The van der Waals surface area contributed by atoms with Crippen molar-refractivity contribution in [2.45, 2.75) is 39.7 Å². The molecule has 4 heteroatoms. The van der Waals surface area contributed by atoms with E-state index in [-0.39, 0.29) is 6.09 Å². The van der Waals surface area contributed by atoms with Crippen LogP contribution in [0.4, 0.5) is 4.79 Å². The summed E-state index contributed by atoms with van der Waals surface area (Å²) in [5.74, 6) is 0. The first-order valence-electron chi connectivity index (χ1n) is 6.67. The fourth-order valence-electron chi connectivity index (χ4n) is 1.57. The highest BCUT2D eigenvalue weighted by molar-refractivity contribution is 6.30. The Hall–Kier alpha value is -1.48. The van der Waals surface area contributed by atoms with E-state index in [1.165, 1.54) is 5.56 Å². The molecule has 0 atom stereocenters. The lowest BCUT2D eigenvalue weighted by atomic mass is 10.1. The van der Waals surface area contributed by atoms with Crippen molar-refractivity contribution in [2.75, 3.05) is 6.54 Å². The molecule has 110 valence electrons. The predicted octanol–water partition coefficient (Wildman–Crippen LogP) is 4.58. The molecule has 1 N–H and O–H groups in total. The molecule has 0 bridgehead atoms. The van der Waals surface area contributed by atoms with Crippen molar-refractivity contribution < 1.29 is 9.53 Å². The molecule has 0 aliphatic carbocycles. The average molecular weight is 296 g/mol. The van der Waals surface area contributed by atoms with Gasteiger partial charge in [0.25, 0.3) is 0 Å². The summed E-state index contributed by atoms with van der Waals surface area (Å²) in [5.41, 5.74) is 1.80. The van der Waals surface area contributed by atoms with Gasteiger partial charge in [-0.05, 0) is 57.4 Å². The molecule has 0 unspecified atom stereocenters. The number of alkyl carbamates (subject to hydrolysis) is 1. The van der Waals surface area contributed by atoms with Crippen LogP contribution in [-0.4, -0.2) is 18.2 Å². The van der Waals surface area contributed by atoms with Gasteiger partial charge in [-0.1, -0.05) is 29.8 Å². The lowest BCUT2D eigenvalue weighted by molar-refractivity contribution is 0.0529. The lowest BCUT2D eigenvalue weighted by Gasteiger charge is -2.19. The van der Waals surface area contributed by atoms with Gasteiger partial charge in [-0.15, -0.1) is 0 Å². The number of carbonyl (C=O) groups is 1. The topological polar surface area (TPSA) is 38.3 Å². The number of aryl methyl sites for hydroxylation is 1. The summed E-state index contributed by atoms with van der Waals surface area (Å²) in [5, 5.41) is 3.44. The van der Waals surface area contributed by atoms with Crippen LogP contribution in [0.1, 0.15) is 38.3 Å². The summed E-state index contributed by atoms with van der Waals surface area (Å²) in [6.45, 7) is 8.11. The first kappa shape index (κ1) is 16.6. The Kier molecular flexibility index (Phi) is 6.08. The van der Waals surface area contributed by atoms with E-state index in [2.05, 4.69) is 5.32 Å². The highest BCUT2D eigenvalue weighted by Crippen LogP contribution is 2.16. The highest BCUT2D eigenvalue weighted by atomic mass is 35.5. The van der Waals surface area contributed by atoms with Gasteiger partial charge in [0.05, 0.1) is 0 Å². The Morgan fingerprint density at radius 2 is 2.10 bits per heavy atom. The van der Waals surface area contributed by atoms with Crippen LogP contribution in [0.15, 0.2) is 24.3 Å². The van der Waals surface area contributed by atoms with Gasteiger partial charge in [-0.3, -0.25) is 0 Å². The number of hydrogen-bond acceptors (Lipinski definition) is 2. The maximum atomic E-state index is 11.4. The number of nitrogens with one attached hydrogen (secondary N) is 1. The van der Waals surface area contributed by atoms with E-state index < -0.39 is 5.60 Å². The van der Waals surface area contributed by atoms with Gasteiger partial charge in [-0.2, -0.15) is 0 Å². The molecule has 1 aromatic rings. The standard InChI is InChI=1S/C16H22ClNO2/c1-12-8-9-14(17)11-13(12)7-5-6-10-18-15(19)20-16(2,3)4/h5,7-9,11H,6,10H2,1-4H3,(H,18,19). The van der Waals surface area contributed by atoms with Crippen LogP contribution in [0.3, 0.4) is 0 Å². The molecule has 1 amide bonds. The molecule has 3 nitrogen and oxygen atoms in total. The molecule has 1 rings (SSSR count). The minimum Gasteiger partial charge on any atom is -0.444 e. The van der Waals surface area contributed by atoms with Gasteiger partial charge in [0.2, 0.25) is 0 Å². The normalized spacial score (nSPS) is 11.7. The molecule has 1 aromatic carbocycles. The van der Waals surface area contributed by atoms with Crippen molar-refractivity contribution in [3.63, 3.8) is 0 Å². The second-order valence-corrected chi connectivity index (χ2v) is 6.06. The first-order valence-corrected chi connectivity index (χ1v) is 7.05. The van der Waals surface area contributed by atoms with Crippen molar-refractivity contribution in [2.24, 2.45) is 0 Å². The number of hydrogen-bond donors (Lipinski definition) is 1. The van der Waals surface area contributed by atoms with Gasteiger partial charge in [0.1, 0.15) is 5.60 Å². The smallest absolute Gasteiger partial charge is 0.407 e. The zero-order valence-corrected chi connectivity index (χ0v) is 13.3. The van der Waals surface area contributed by atoms with E-state index in [9.17, 15) is 4.79 Å². The average Bonchev–Trinajstić information content (AvgIpc) is 2.30. The number of benzene rings is 1. The first-order chi connectivity index (χ1) is 9.28. The Bertz CT molecular complexity index is 490. The third kappa shape index (κ3) is 6.62. The zero-order valence-electron chi connectivity index (χ0n) is 12.5. The Morgan fingerprint density at radius 1 is 1.40 bits per heavy atom. The number of ether oxygens (including phenoxy) is 1. The van der Waals surface area contributed by atoms with E-state index in [0.717, 1.165) is 17.0 Å². The lowest BCUT2D eigenvalue weighted by Crippen LogP contribution is -2.32. The monoisotopic (exact) mass is 295 g/mol. The Labute approximate surface area is 126 Å². The van der Waals surface area contributed by atoms with Gasteiger partial charge >= 0.3 is 6.09 Å².